The molecule has 36 heavy (non-hydrogen) atoms. The van der Waals surface area contributed by atoms with Gasteiger partial charge >= 0.3 is 23.9 Å². The SMILES string of the molecule is CC(=O)OCC1OC(NC(=S)NC2CCCCC2N(C)C)C(OC(C)=O)C(OC(C)=O)C1OC(C)=O. The molecule has 0 bridgehead atoms. The molecule has 1 saturated carbocycles. The molecule has 0 amide bonds. The molecule has 204 valence electrons. The van der Waals surface area contributed by atoms with Crippen LogP contribution in [0.3, 0.4) is 0 Å². The fourth-order valence-electron chi connectivity index (χ4n) is 4.58. The standard InChI is InChI=1S/C23H37N3O9S/c1-12(27)31-11-18-19(32-13(2)28)20(33-14(3)29)21(34-15(4)30)22(35-18)25-23(36)24-16-9-7-8-10-17(16)26(5)6/h16-22H,7-11H2,1-6H3,(H2,24,25,36). The van der Waals surface area contributed by atoms with E-state index in [1.807, 2.05) is 14.1 Å². The van der Waals surface area contributed by atoms with Gasteiger partial charge in [0, 0.05) is 39.8 Å². The molecule has 2 aliphatic rings. The molecule has 0 aromatic carbocycles. The van der Waals surface area contributed by atoms with Gasteiger partial charge in [0.15, 0.2) is 29.7 Å². The molecule has 0 aromatic rings. The van der Waals surface area contributed by atoms with Crippen molar-refractivity contribution in [3.05, 3.63) is 0 Å². The minimum absolute atomic E-state index is 0.0828. The number of hydrogen-bond donors (Lipinski definition) is 2. The number of likely N-dealkylation sites (N-methyl/N-ethyl adjacent to an activating group) is 1. The predicted molar refractivity (Wildman–Crippen MR) is 131 cm³/mol. The van der Waals surface area contributed by atoms with Crippen molar-refractivity contribution >= 4 is 41.2 Å². The van der Waals surface area contributed by atoms with Crippen LogP contribution in [-0.4, -0.2) is 97.3 Å². The summed E-state index contributed by atoms with van der Waals surface area (Å²) in [6.45, 7) is 4.44. The molecule has 12 nitrogen and oxygen atoms in total. The van der Waals surface area contributed by atoms with Crippen LogP contribution in [0.25, 0.3) is 0 Å². The third-order valence-corrected chi connectivity index (χ3v) is 6.21. The Labute approximate surface area is 216 Å². The van der Waals surface area contributed by atoms with E-state index in [0.717, 1.165) is 25.7 Å². The first-order valence-corrected chi connectivity index (χ1v) is 12.3. The van der Waals surface area contributed by atoms with Crippen molar-refractivity contribution in [1.29, 1.82) is 0 Å². The number of ether oxygens (including phenoxy) is 5. The summed E-state index contributed by atoms with van der Waals surface area (Å²) < 4.78 is 27.4. The Morgan fingerprint density at radius 1 is 0.833 bits per heavy atom. The largest absolute Gasteiger partial charge is 0.463 e. The van der Waals surface area contributed by atoms with E-state index in [-0.39, 0.29) is 23.8 Å². The molecule has 13 heteroatoms. The van der Waals surface area contributed by atoms with Crippen molar-refractivity contribution in [2.75, 3.05) is 20.7 Å². The number of esters is 4. The summed E-state index contributed by atoms with van der Waals surface area (Å²) in [7, 11) is 4.03. The van der Waals surface area contributed by atoms with Gasteiger partial charge in [0.1, 0.15) is 12.7 Å². The molecule has 0 spiro atoms. The zero-order chi connectivity index (χ0) is 27.0. The Kier molecular flexibility index (Phi) is 11.3. The summed E-state index contributed by atoms with van der Waals surface area (Å²) in [6.07, 6.45) is -1.72. The Morgan fingerprint density at radius 3 is 1.94 bits per heavy atom. The summed E-state index contributed by atoms with van der Waals surface area (Å²) in [6, 6.07) is 0.355. The molecule has 2 rings (SSSR count). The summed E-state index contributed by atoms with van der Waals surface area (Å²) in [5.74, 6) is -2.64. The third kappa shape index (κ3) is 8.86. The van der Waals surface area contributed by atoms with Crippen molar-refractivity contribution < 1.29 is 42.9 Å². The van der Waals surface area contributed by atoms with E-state index in [9.17, 15) is 19.2 Å². The van der Waals surface area contributed by atoms with Gasteiger partial charge in [-0.25, -0.2) is 0 Å². The van der Waals surface area contributed by atoms with Crippen LogP contribution in [-0.2, 0) is 42.9 Å². The summed E-state index contributed by atoms with van der Waals surface area (Å²) >= 11 is 5.55. The van der Waals surface area contributed by atoms with E-state index in [1.165, 1.54) is 27.7 Å². The third-order valence-electron chi connectivity index (χ3n) is 5.97. The lowest BCUT2D eigenvalue weighted by molar-refractivity contribution is -0.255. The van der Waals surface area contributed by atoms with Crippen molar-refractivity contribution in [3.63, 3.8) is 0 Å². The first-order chi connectivity index (χ1) is 16.9. The van der Waals surface area contributed by atoms with Gasteiger partial charge in [0.05, 0.1) is 0 Å². The van der Waals surface area contributed by atoms with Crippen LogP contribution in [0.2, 0.25) is 0 Å². The van der Waals surface area contributed by atoms with Gasteiger partial charge < -0.3 is 39.2 Å². The molecule has 0 aromatic heterocycles. The number of nitrogens with one attached hydrogen (secondary N) is 2. The lowest BCUT2D eigenvalue weighted by atomic mass is 9.89. The predicted octanol–water partition coefficient (Wildman–Crippen LogP) is 0.406. The fourth-order valence-corrected chi connectivity index (χ4v) is 4.85. The van der Waals surface area contributed by atoms with E-state index >= 15 is 0 Å². The lowest BCUT2D eigenvalue weighted by Crippen LogP contribution is -2.67. The highest BCUT2D eigenvalue weighted by atomic mass is 32.1. The number of hydrogen-bond acceptors (Lipinski definition) is 11. The Bertz CT molecular complexity index is 825. The van der Waals surface area contributed by atoms with Crippen LogP contribution in [0.4, 0.5) is 0 Å². The minimum atomic E-state index is -1.26. The second kappa shape index (κ2) is 13.7. The molecule has 2 N–H and O–H groups in total. The quantitative estimate of drug-likeness (QED) is 0.254. The second-order valence-electron chi connectivity index (χ2n) is 9.16. The molecule has 1 aliphatic carbocycles. The van der Waals surface area contributed by atoms with Crippen molar-refractivity contribution in [2.24, 2.45) is 0 Å². The molecule has 1 heterocycles. The molecular weight excluding hydrogens is 494 g/mol. The van der Waals surface area contributed by atoms with E-state index < -0.39 is 54.5 Å². The smallest absolute Gasteiger partial charge is 0.303 e. The molecule has 7 atom stereocenters. The number of carbonyl (C=O) groups is 4. The first-order valence-electron chi connectivity index (χ1n) is 11.9. The van der Waals surface area contributed by atoms with Crippen LogP contribution in [0.15, 0.2) is 0 Å². The zero-order valence-electron chi connectivity index (χ0n) is 21.6. The summed E-state index contributed by atoms with van der Waals surface area (Å²) in [5, 5.41) is 6.57. The fraction of sp³-hybridized carbons (Fsp3) is 0.783. The number of carbonyl (C=O) groups excluding carboxylic acids is 4. The number of thiocarbonyl (C=S) groups is 1. The maximum absolute atomic E-state index is 12.0. The summed E-state index contributed by atoms with van der Waals surface area (Å²) in [5.41, 5.74) is 0. The van der Waals surface area contributed by atoms with E-state index in [0.29, 0.717) is 0 Å². The highest BCUT2D eigenvalue weighted by Crippen LogP contribution is 2.28. The van der Waals surface area contributed by atoms with Crippen molar-refractivity contribution in [1.82, 2.24) is 15.5 Å². The highest BCUT2D eigenvalue weighted by Gasteiger charge is 2.52. The number of nitrogens with zero attached hydrogens (tertiary/aromatic N) is 1. The normalized spacial score (nSPS) is 30.0. The lowest BCUT2D eigenvalue weighted by Gasteiger charge is -2.45. The Balaban J connectivity index is 2.32. The topological polar surface area (TPSA) is 142 Å². The van der Waals surface area contributed by atoms with E-state index in [1.54, 1.807) is 0 Å². The van der Waals surface area contributed by atoms with Gasteiger partial charge in [0.25, 0.3) is 0 Å². The monoisotopic (exact) mass is 531 g/mol. The maximum atomic E-state index is 12.0. The van der Waals surface area contributed by atoms with Gasteiger partial charge in [-0.2, -0.15) is 0 Å². The molecular formula is C23H37N3O9S. The number of rotatable bonds is 8. The van der Waals surface area contributed by atoms with Crippen LogP contribution >= 0.6 is 12.2 Å². The van der Waals surface area contributed by atoms with Gasteiger partial charge in [-0.05, 0) is 39.2 Å². The Hall–Kier alpha value is -2.51. The van der Waals surface area contributed by atoms with Crippen LogP contribution in [0, 0.1) is 0 Å². The molecule has 2 fully saturated rings. The van der Waals surface area contributed by atoms with Crippen LogP contribution in [0.1, 0.15) is 53.4 Å². The molecule has 0 radical (unpaired) electrons. The highest BCUT2D eigenvalue weighted by molar-refractivity contribution is 7.80. The maximum Gasteiger partial charge on any atom is 0.303 e. The molecule has 1 aliphatic heterocycles. The van der Waals surface area contributed by atoms with Crippen LogP contribution < -0.4 is 10.6 Å². The average molecular weight is 532 g/mol. The molecule has 7 unspecified atom stereocenters. The van der Waals surface area contributed by atoms with Gasteiger partial charge in [0.2, 0.25) is 0 Å². The second-order valence-corrected chi connectivity index (χ2v) is 9.57. The van der Waals surface area contributed by atoms with Gasteiger partial charge in [-0.15, -0.1) is 0 Å². The average Bonchev–Trinajstić information content (AvgIpc) is 2.75. The van der Waals surface area contributed by atoms with Crippen LogP contribution in [0.5, 0.6) is 0 Å². The van der Waals surface area contributed by atoms with Gasteiger partial charge in [-0.1, -0.05) is 12.8 Å². The van der Waals surface area contributed by atoms with Gasteiger partial charge in [-0.3, -0.25) is 19.2 Å². The summed E-state index contributed by atoms with van der Waals surface area (Å²) in [4.78, 5) is 49.3. The molecule has 1 saturated heterocycles. The minimum Gasteiger partial charge on any atom is -0.463 e. The first kappa shape index (κ1) is 29.7. The van der Waals surface area contributed by atoms with Crippen molar-refractivity contribution in [3.8, 4) is 0 Å². The van der Waals surface area contributed by atoms with E-state index in [2.05, 4.69) is 15.5 Å². The zero-order valence-corrected chi connectivity index (χ0v) is 22.4. The van der Waals surface area contributed by atoms with E-state index in [4.69, 9.17) is 35.9 Å². The van der Waals surface area contributed by atoms with Crippen molar-refractivity contribution in [2.45, 2.75) is 96.1 Å². The Morgan fingerprint density at radius 2 is 1.39 bits per heavy atom.